The Labute approximate surface area is 289 Å². The van der Waals surface area contributed by atoms with Crippen LogP contribution in [-0.4, -0.2) is 99.7 Å². The zero-order valence-corrected chi connectivity index (χ0v) is 29.9. The molecule has 278 valence electrons. The van der Waals surface area contributed by atoms with E-state index in [4.69, 9.17) is 23.7 Å². The van der Waals surface area contributed by atoms with Crippen LogP contribution in [0.3, 0.4) is 0 Å². The van der Waals surface area contributed by atoms with E-state index in [0.717, 1.165) is 22.6 Å². The van der Waals surface area contributed by atoms with Gasteiger partial charge in [-0.1, -0.05) is 12.1 Å². The van der Waals surface area contributed by atoms with Crippen LogP contribution in [0, 0.1) is 10.8 Å². The summed E-state index contributed by atoms with van der Waals surface area (Å²) in [5.41, 5.74) is -5.60. The molecule has 4 heterocycles. The summed E-state index contributed by atoms with van der Waals surface area (Å²) in [5.74, 6) is -1.10. The van der Waals surface area contributed by atoms with Gasteiger partial charge in [0.1, 0.15) is 11.2 Å². The first-order chi connectivity index (χ1) is 23.0. The lowest BCUT2D eigenvalue weighted by Gasteiger charge is -2.45. The number of hydrogen-bond donors (Lipinski definition) is 0. The van der Waals surface area contributed by atoms with Crippen molar-refractivity contribution in [2.75, 3.05) is 46.6 Å². The fourth-order valence-corrected chi connectivity index (χ4v) is 5.76. The van der Waals surface area contributed by atoms with Gasteiger partial charge in [-0.3, -0.25) is 4.90 Å². The largest absolute Gasteiger partial charge is 0.534 e. The van der Waals surface area contributed by atoms with Crippen LogP contribution >= 0.6 is 0 Å². The number of ether oxygens (including phenoxy) is 5. The molecule has 0 bridgehead atoms. The molecule has 0 atom stereocenters. The molecule has 1 aromatic rings. The normalized spacial score (nSPS) is 19.9. The predicted octanol–water partition coefficient (Wildman–Crippen LogP) is 5.82. The first kappa shape index (κ1) is 39.0. The second-order valence-electron chi connectivity index (χ2n) is 14.5. The van der Waals surface area contributed by atoms with Crippen molar-refractivity contribution in [1.29, 1.82) is 0 Å². The second-order valence-corrected chi connectivity index (χ2v) is 16.1. The Kier molecular flexibility index (Phi) is 11.0. The molecule has 2 spiro atoms. The lowest BCUT2D eigenvalue weighted by atomic mass is 9.78. The highest BCUT2D eigenvalue weighted by Crippen LogP contribution is 2.42. The summed E-state index contributed by atoms with van der Waals surface area (Å²) >= 11 is 0. The van der Waals surface area contributed by atoms with Crippen molar-refractivity contribution in [3.05, 3.63) is 53.4 Å². The number of carbonyl (C=O) groups excluding carboxylic acids is 3. The molecule has 4 aliphatic heterocycles. The Morgan fingerprint density at radius 2 is 1.22 bits per heavy atom. The van der Waals surface area contributed by atoms with Crippen molar-refractivity contribution in [3.63, 3.8) is 0 Å². The summed E-state index contributed by atoms with van der Waals surface area (Å²) in [6.45, 7) is 12.6. The molecule has 13 nitrogen and oxygen atoms in total. The molecule has 0 saturated carbocycles. The van der Waals surface area contributed by atoms with E-state index in [-0.39, 0.29) is 37.2 Å². The number of methoxy groups -OCH3 is 1. The zero-order chi connectivity index (χ0) is 37.3. The Hall–Kier alpha value is -3.83. The number of esters is 1. The molecule has 17 heteroatoms. The summed E-state index contributed by atoms with van der Waals surface area (Å²) in [7, 11) is -4.55. The molecule has 5 rings (SSSR count). The summed E-state index contributed by atoms with van der Waals surface area (Å²) < 4.78 is 90.3. The number of alkyl halides is 3. The minimum Gasteiger partial charge on any atom is -0.465 e. The first-order valence-corrected chi connectivity index (χ1v) is 17.2. The maximum absolute atomic E-state index is 12.7. The van der Waals surface area contributed by atoms with E-state index in [1.807, 2.05) is 32.9 Å². The van der Waals surface area contributed by atoms with Gasteiger partial charge in [0.25, 0.3) is 0 Å². The zero-order valence-electron chi connectivity index (χ0n) is 29.0. The molecule has 4 aliphatic rings. The molecule has 1 aromatic carbocycles. The Morgan fingerprint density at radius 3 is 1.64 bits per heavy atom. The minimum atomic E-state index is -5.90. The highest BCUT2D eigenvalue weighted by atomic mass is 32.2. The number of hydrogen-bond acceptors (Lipinski definition) is 11. The number of carbonyl (C=O) groups is 3. The molecule has 2 amide bonds. The molecule has 0 unspecified atom stereocenters. The van der Waals surface area contributed by atoms with Gasteiger partial charge >= 0.3 is 33.8 Å². The van der Waals surface area contributed by atoms with Crippen LogP contribution in [0.15, 0.2) is 42.3 Å². The lowest BCUT2D eigenvalue weighted by Crippen LogP contribution is -2.50. The van der Waals surface area contributed by atoms with Gasteiger partial charge in [-0.25, -0.2) is 19.3 Å². The Balaban J connectivity index is 0.000000226. The van der Waals surface area contributed by atoms with Crippen LogP contribution in [0.25, 0.3) is 5.70 Å². The summed E-state index contributed by atoms with van der Waals surface area (Å²) in [6, 6.07) is 7.06. The van der Waals surface area contributed by atoms with Gasteiger partial charge in [0.15, 0.2) is 0 Å². The molecule has 0 aromatic heterocycles. The third kappa shape index (κ3) is 9.28. The van der Waals surface area contributed by atoms with Gasteiger partial charge < -0.3 is 27.9 Å². The maximum atomic E-state index is 12.7. The average Bonchev–Trinajstić information content (AvgIpc) is 2.96. The van der Waals surface area contributed by atoms with Crippen LogP contribution in [0.4, 0.5) is 22.8 Å². The molecule has 0 N–H and O–H groups in total. The Morgan fingerprint density at radius 1 is 0.760 bits per heavy atom. The van der Waals surface area contributed by atoms with E-state index in [1.165, 1.54) is 13.2 Å². The number of nitrogens with zero attached hydrogens (tertiary/aromatic N) is 2. The van der Waals surface area contributed by atoms with Gasteiger partial charge in [-0.05, 0) is 84.2 Å². The third-order valence-electron chi connectivity index (χ3n) is 7.96. The van der Waals surface area contributed by atoms with Gasteiger partial charge in [0.2, 0.25) is 5.88 Å². The molecular weight excluding hydrogens is 689 g/mol. The average molecular weight is 733 g/mol. The van der Waals surface area contributed by atoms with E-state index >= 15 is 0 Å². The van der Waals surface area contributed by atoms with Crippen LogP contribution in [0.5, 0.6) is 0 Å². The van der Waals surface area contributed by atoms with Crippen molar-refractivity contribution in [1.82, 2.24) is 9.80 Å². The van der Waals surface area contributed by atoms with Gasteiger partial charge in [-0.15, -0.1) is 0 Å². The molecule has 0 aliphatic carbocycles. The fourth-order valence-electron chi connectivity index (χ4n) is 5.30. The van der Waals surface area contributed by atoms with Crippen molar-refractivity contribution in [2.45, 2.75) is 71.1 Å². The molecule has 50 heavy (non-hydrogen) atoms. The summed E-state index contributed by atoms with van der Waals surface area (Å²) in [5, 5.41) is 0. The van der Waals surface area contributed by atoms with Crippen molar-refractivity contribution in [3.8, 4) is 0 Å². The van der Waals surface area contributed by atoms with Crippen LogP contribution in [0.2, 0.25) is 0 Å². The van der Waals surface area contributed by atoms with Crippen molar-refractivity contribution < 1.29 is 63.8 Å². The van der Waals surface area contributed by atoms with E-state index in [1.54, 1.807) is 37.8 Å². The highest BCUT2D eigenvalue weighted by molar-refractivity contribution is 7.87. The maximum Gasteiger partial charge on any atom is 0.534 e. The van der Waals surface area contributed by atoms with Crippen LogP contribution in [0.1, 0.15) is 70.3 Å². The monoisotopic (exact) mass is 732 g/mol. The second kappa shape index (κ2) is 14.1. The molecule has 2 saturated heterocycles. The van der Waals surface area contributed by atoms with Crippen LogP contribution < -0.4 is 0 Å². The van der Waals surface area contributed by atoms with E-state index in [0.29, 0.717) is 31.7 Å². The smallest absolute Gasteiger partial charge is 0.465 e. The van der Waals surface area contributed by atoms with E-state index in [2.05, 4.69) is 10.3 Å². The number of halogens is 3. The SMILES string of the molecule is CC(C)(C)OC(=O)N1CCC2(C=C1OS(=O)(=O)C(F)(F)F)COC2.COC(=O)c1ccc(C2=CC3(CCN2C(=O)OC(C)(C)C)COC3)cc1. The number of benzene rings is 1. The highest BCUT2D eigenvalue weighted by Gasteiger charge is 2.52. The molecule has 2 fully saturated rings. The first-order valence-electron chi connectivity index (χ1n) is 15.8. The van der Waals surface area contributed by atoms with E-state index in [9.17, 15) is 36.0 Å². The minimum absolute atomic E-state index is 0.0190. The summed E-state index contributed by atoms with van der Waals surface area (Å²) in [6.07, 6.45) is 3.18. The van der Waals surface area contributed by atoms with Crippen molar-refractivity contribution in [2.24, 2.45) is 10.8 Å². The van der Waals surface area contributed by atoms with Gasteiger partial charge in [0.05, 0.1) is 44.8 Å². The number of amides is 2. The third-order valence-corrected chi connectivity index (χ3v) is 8.92. The predicted molar refractivity (Wildman–Crippen MR) is 172 cm³/mol. The van der Waals surface area contributed by atoms with Crippen molar-refractivity contribution >= 4 is 34.0 Å². The molecular formula is C33H43F3N2O11S. The Bertz CT molecular complexity index is 1620. The quantitative estimate of drug-likeness (QED) is 0.160. The van der Waals surface area contributed by atoms with E-state index < -0.39 is 44.2 Å². The standard InChI is InChI=1S/C20H25NO5.C13H18F3NO6S/c1-19(2,3)26-18(23)21-10-9-20(12-25-13-20)11-16(21)14-5-7-15(8-6-14)17(22)24-4;1-11(2,3)22-10(18)17-5-4-12(7-21-8-12)6-9(17)23-24(19,20)13(14,15)16/h5-8,11H,9-10,12-13H2,1-4H3;6H,4-5,7-8H2,1-3H3. The van der Waals surface area contributed by atoms with Gasteiger partial charge in [0, 0.05) is 23.9 Å². The topological polar surface area (TPSA) is 147 Å². The molecule has 0 radical (unpaired) electrons. The fraction of sp³-hybridized carbons (Fsp3) is 0.606. The van der Waals surface area contributed by atoms with Gasteiger partial charge in [-0.2, -0.15) is 21.6 Å². The van der Waals surface area contributed by atoms with Crippen LogP contribution in [-0.2, 0) is 38.0 Å². The lowest BCUT2D eigenvalue weighted by molar-refractivity contribution is -0.0994. The number of rotatable bonds is 4. The summed E-state index contributed by atoms with van der Waals surface area (Å²) in [4.78, 5) is 38.9.